The number of ether oxygens (including phenoxy) is 1. The molecule has 0 saturated carbocycles. The highest BCUT2D eigenvalue weighted by atomic mass is 35.5. The second-order valence-corrected chi connectivity index (χ2v) is 9.59. The Hall–Kier alpha value is -1.33. The molecule has 0 aliphatic carbocycles. The second-order valence-electron chi connectivity index (χ2n) is 5.99. The van der Waals surface area contributed by atoms with Gasteiger partial charge in [-0.15, -0.1) is 0 Å². The van der Waals surface area contributed by atoms with Crippen LogP contribution in [0.5, 0.6) is 0 Å². The van der Waals surface area contributed by atoms with E-state index in [-0.39, 0.29) is 10.0 Å². The number of morpholine rings is 1. The SMILES string of the molecule is O=S(=O)(c1ccc(NC(=S)NNc2c(Cl)cc(Cl)cc2Cl)cc1)N1CCOCC1. The Kier molecular flexibility index (Phi) is 7.44. The van der Waals surface area contributed by atoms with Crippen molar-refractivity contribution in [1.82, 2.24) is 9.73 Å². The molecule has 0 atom stereocenters. The largest absolute Gasteiger partial charge is 0.379 e. The fraction of sp³-hybridized carbons (Fsp3) is 0.235. The third kappa shape index (κ3) is 5.64. The Bertz CT molecular complexity index is 974. The molecule has 12 heteroatoms. The molecule has 0 aromatic heterocycles. The van der Waals surface area contributed by atoms with E-state index in [9.17, 15) is 8.42 Å². The van der Waals surface area contributed by atoms with Gasteiger partial charge in [-0.25, -0.2) is 8.42 Å². The molecule has 0 spiro atoms. The maximum Gasteiger partial charge on any atom is 0.243 e. The van der Waals surface area contributed by atoms with Crippen LogP contribution in [0.1, 0.15) is 0 Å². The van der Waals surface area contributed by atoms with Gasteiger partial charge in [-0.1, -0.05) is 34.8 Å². The molecule has 29 heavy (non-hydrogen) atoms. The first-order valence-corrected chi connectivity index (χ1v) is 11.4. The predicted octanol–water partition coefficient (Wildman–Crippen LogP) is 3.98. The van der Waals surface area contributed by atoms with Gasteiger partial charge >= 0.3 is 0 Å². The summed E-state index contributed by atoms with van der Waals surface area (Å²) in [7, 11) is -3.54. The molecule has 1 heterocycles. The van der Waals surface area contributed by atoms with Gasteiger partial charge in [0.05, 0.1) is 33.8 Å². The number of nitrogens with zero attached hydrogens (tertiary/aromatic N) is 1. The second kappa shape index (κ2) is 9.65. The highest BCUT2D eigenvalue weighted by Crippen LogP contribution is 2.33. The number of hydrazine groups is 1. The van der Waals surface area contributed by atoms with E-state index in [0.717, 1.165) is 0 Å². The molecule has 0 bridgehead atoms. The maximum absolute atomic E-state index is 12.6. The third-order valence-electron chi connectivity index (χ3n) is 4.03. The molecule has 3 rings (SSSR count). The van der Waals surface area contributed by atoms with Crippen molar-refractivity contribution in [2.24, 2.45) is 0 Å². The van der Waals surface area contributed by atoms with Crippen LogP contribution < -0.4 is 16.2 Å². The summed E-state index contributed by atoms with van der Waals surface area (Å²) in [5, 5.41) is 4.24. The number of thiocarbonyl (C=S) groups is 1. The summed E-state index contributed by atoms with van der Waals surface area (Å²) in [6.45, 7) is 1.48. The van der Waals surface area contributed by atoms with E-state index < -0.39 is 10.0 Å². The number of sulfonamides is 1. The van der Waals surface area contributed by atoms with Gasteiger partial charge in [0, 0.05) is 23.8 Å². The van der Waals surface area contributed by atoms with Crippen molar-refractivity contribution in [3.63, 3.8) is 0 Å². The average molecular weight is 496 g/mol. The van der Waals surface area contributed by atoms with Crippen LogP contribution in [0.15, 0.2) is 41.3 Å². The standard InChI is InChI=1S/C17H17Cl3N4O3S2/c18-11-9-14(19)16(15(20)10-11)22-23-17(28)21-12-1-3-13(4-2-12)29(25,26)24-5-7-27-8-6-24/h1-4,9-10,22H,5-8H2,(H2,21,23,28). The Morgan fingerprint density at radius 2 is 1.62 bits per heavy atom. The molecule has 0 unspecified atom stereocenters. The zero-order chi connectivity index (χ0) is 21.0. The van der Waals surface area contributed by atoms with E-state index in [2.05, 4.69) is 16.2 Å². The average Bonchev–Trinajstić information content (AvgIpc) is 2.68. The van der Waals surface area contributed by atoms with E-state index in [1.165, 1.54) is 16.4 Å². The minimum atomic E-state index is -3.54. The molecule has 7 nitrogen and oxygen atoms in total. The number of nitrogens with one attached hydrogen (secondary N) is 3. The van der Waals surface area contributed by atoms with E-state index >= 15 is 0 Å². The van der Waals surface area contributed by atoms with Crippen LogP contribution in [0, 0.1) is 0 Å². The summed E-state index contributed by atoms with van der Waals surface area (Å²) in [6, 6.07) is 9.39. The summed E-state index contributed by atoms with van der Waals surface area (Å²) < 4.78 is 31.9. The van der Waals surface area contributed by atoms with Crippen LogP contribution in [0.2, 0.25) is 15.1 Å². The Morgan fingerprint density at radius 3 is 2.21 bits per heavy atom. The van der Waals surface area contributed by atoms with Crippen molar-refractivity contribution in [3.8, 4) is 0 Å². The van der Waals surface area contributed by atoms with Gasteiger partial charge in [-0.2, -0.15) is 4.31 Å². The Balaban J connectivity index is 1.60. The molecule has 0 amide bonds. The molecule has 1 saturated heterocycles. The highest BCUT2D eigenvalue weighted by Gasteiger charge is 2.26. The molecule has 0 radical (unpaired) electrons. The van der Waals surface area contributed by atoms with Gasteiger partial charge < -0.3 is 10.1 Å². The first-order valence-electron chi connectivity index (χ1n) is 8.43. The molecule has 2 aromatic carbocycles. The molecule has 2 aromatic rings. The van der Waals surface area contributed by atoms with Crippen LogP contribution in [-0.4, -0.2) is 44.1 Å². The monoisotopic (exact) mass is 494 g/mol. The van der Waals surface area contributed by atoms with Crippen molar-refractivity contribution in [2.75, 3.05) is 37.0 Å². The molecule has 1 fully saturated rings. The van der Waals surface area contributed by atoms with E-state index in [4.69, 9.17) is 51.8 Å². The summed E-state index contributed by atoms with van der Waals surface area (Å²) in [5.41, 5.74) is 6.61. The van der Waals surface area contributed by atoms with Crippen molar-refractivity contribution in [2.45, 2.75) is 4.90 Å². The van der Waals surface area contributed by atoms with Crippen molar-refractivity contribution < 1.29 is 13.2 Å². The smallest absolute Gasteiger partial charge is 0.243 e. The lowest BCUT2D eigenvalue weighted by molar-refractivity contribution is 0.0730. The van der Waals surface area contributed by atoms with Crippen LogP contribution in [0.4, 0.5) is 11.4 Å². The number of halogens is 3. The van der Waals surface area contributed by atoms with Crippen LogP contribution in [0.25, 0.3) is 0 Å². The van der Waals surface area contributed by atoms with Gasteiger partial charge in [-0.05, 0) is 48.6 Å². The van der Waals surface area contributed by atoms with Crippen molar-refractivity contribution in [3.05, 3.63) is 51.5 Å². The number of rotatable bonds is 5. The van der Waals surface area contributed by atoms with Crippen LogP contribution in [0.3, 0.4) is 0 Å². The van der Waals surface area contributed by atoms with Crippen LogP contribution in [-0.2, 0) is 14.8 Å². The fourth-order valence-corrected chi connectivity index (χ4v) is 5.08. The van der Waals surface area contributed by atoms with E-state index in [1.807, 2.05) is 0 Å². The molecular weight excluding hydrogens is 479 g/mol. The van der Waals surface area contributed by atoms with Gasteiger partial charge in [0.25, 0.3) is 0 Å². The first kappa shape index (κ1) is 22.4. The lowest BCUT2D eigenvalue weighted by Gasteiger charge is -2.26. The normalized spacial score (nSPS) is 15.0. The highest BCUT2D eigenvalue weighted by molar-refractivity contribution is 7.89. The van der Waals surface area contributed by atoms with Crippen LogP contribution >= 0.6 is 47.0 Å². The Labute approximate surface area is 189 Å². The third-order valence-corrected chi connectivity index (χ3v) is 6.96. The fourth-order valence-electron chi connectivity index (χ4n) is 2.59. The zero-order valence-corrected chi connectivity index (χ0v) is 18.8. The zero-order valence-electron chi connectivity index (χ0n) is 14.9. The van der Waals surface area contributed by atoms with Crippen molar-refractivity contribution in [1.29, 1.82) is 0 Å². The quantitative estimate of drug-likeness (QED) is 0.427. The maximum atomic E-state index is 12.6. The van der Waals surface area contributed by atoms with Gasteiger partial charge in [0.15, 0.2) is 5.11 Å². The van der Waals surface area contributed by atoms with Gasteiger partial charge in [0.1, 0.15) is 0 Å². The summed E-state index contributed by atoms with van der Waals surface area (Å²) in [4.78, 5) is 0.210. The predicted molar refractivity (Wildman–Crippen MR) is 120 cm³/mol. The molecule has 156 valence electrons. The molecule has 1 aliphatic heterocycles. The van der Waals surface area contributed by atoms with Crippen molar-refractivity contribution >= 4 is 73.5 Å². The minimum absolute atomic E-state index is 0.210. The van der Waals surface area contributed by atoms with Gasteiger partial charge in [0.2, 0.25) is 10.0 Å². The lowest BCUT2D eigenvalue weighted by Crippen LogP contribution is -2.40. The lowest BCUT2D eigenvalue weighted by atomic mass is 10.3. The summed E-state index contributed by atoms with van der Waals surface area (Å²) >= 11 is 23.3. The number of anilines is 2. The number of hydrogen-bond acceptors (Lipinski definition) is 5. The molecule has 1 aliphatic rings. The molecular formula is C17H17Cl3N4O3S2. The summed E-state index contributed by atoms with van der Waals surface area (Å²) in [6.07, 6.45) is 0. The van der Waals surface area contributed by atoms with E-state index in [1.54, 1.807) is 24.3 Å². The minimum Gasteiger partial charge on any atom is -0.379 e. The number of benzene rings is 2. The van der Waals surface area contributed by atoms with E-state index in [0.29, 0.717) is 52.7 Å². The Morgan fingerprint density at radius 1 is 1.03 bits per heavy atom. The summed E-state index contributed by atoms with van der Waals surface area (Å²) in [5.74, 6) is 0. The van der Waals surface area contributed by atoms with Gasteiger partial charge in [-0.3, -0.25) is 10.9 Å². The number of hydrogen-bond donors (Lipinski definition) is 3. The molecule has 3 N–H and O–H groups in total. The first-order chi connectivity index (χ1) is 13.8. The topological polar surface area (TPSA) is 82.7 Å².